The van der Waals surface area contributed by atoms with Crippen LogP contribution in [0.4, 0.5) is 4.39 Å². The molecule has 5 nitrogen and oxygen atoms in total. The van der Waals surface area contributed by atoms with E-state index < -0.39 is 0 Å². The highest BCUT2D eigenvalue weighted by molar-refractivity contribution is 5.79. The van der Waals surface area contributed by atoms with E-state index >= 15 is 0 Å². The fraction of sp³-hybridized carbons (Fsp3) is 0.474. The lowest BCUT2D eigenvalue weighted by Crippen LogP contribution is -2.37. The highest BCUT2D eigenvalue weighted by Gasteiger charge is 2.01. The van der Waals surface area contributed by atoms with E-state index in [0.717, 1.165) is 49.8 Å². The third kappa shape index (κ3) is 6.21. The minimum Gasteiger partial charge on any atom is -0.357 e. The minimum atomic E-state index is -0.175. The van der Waals surface area contributed by atoms with Crippen molar-refractivity contribution < 1.29 is 4.39 Å². The Morgan fingerprint density at radius 2 is 2.08 bits per heavy atom. The summed E-state index contributed by atoms with van der Waals surface area (Å²) in [6, 6.07) is 5.12. The Kier molecular flexibility index (Phi) is 7.44. The summed E-state index contributed by atoms with van der Waals surface area (Å²) in [5.74, 6) is 1.67. The van der Waals surface area contributed by atoms with E-state index in [9.17, 15) is 4.39 Å². The SMILES string of the molecule is CCNC(=NCc1ccc(F)c(C)c1)NCCCCn1ccnc1C. The molecule has 1 aromatic carbocycles. The molecule has 0 aliphatic carbocycles. The molecule has 2 aromatic rings. The van der Waals surface area contributed by atoms with Crippen LogP contribution in [0.3, 0.4) is 0 Å². The van der Waals surface area contributed by atoms with Crippen molar-refractivity contribution in [2.75, 3.05) is 13.1 Å². The first kappa shape index (κ1) is 19.0. The average Bonchev–Trinajstić information content (AvgIpc) is 3.00. The number of unbranched alkanes of at least 4 members (excludes halogenated alkanes) is 1. The summed E-state index contributed by atoms with van der Waals surface area (Å²) in [6.45, 7) is 9.02. The van der Waals surface area contributed by atoms with Crippen LogP contribution in [0.15, 0.2) is 35.6 Å². The molecule has 0 spiro atoms. The average molecular weight is 345 g/mol. The van der Waals surface area contributed by atoms with Crippen molar-refractivity contribution in [3.63, 3.8) is 0 Å². The number of guanidine groups is 1. The van der Waals surface area contributed by atoms with Crippen LogP contribution in [0.25, 0.3) is 0 Å². The van der Waals surface area contributed by atoms with E-state index in [1.54, 1.807) is 13.0 Å². The van der Waals surface area contributed by atoms with Gasteiger partial charge in [0, 0.05) is 32.0 Å². The molecule has 0 atom stereocenters. The summed E-state index contributed by atoms with van der Waals surface area (Å²) in [4.78, 5) is 8.80. The van der Waals surface area contributed by atoms with Gasteiger partial charge in [0.2, 0.25) is 0 Å². The Labute approximate surface area is 149 Å². The van der Waals surface area contributed by atoms with Crippen LogP contribution in [-0.2, 0) is 13.1 Å². The molecule has 0 saturated heterocycles. The Balaban J connectivity index is 1.77. The molecule has 0 amide bonds. The number of nitrogens with one attached hydrogen (secondary N) is 2. The van der Waals surface area contributed by atoms with Crippen LogP contribution >= 0.6 is 0 Å². The summed E-state index contributed by atoms with van der Waals surface area (Å²) in [5, 5.41) is 6.59. The molecule has 2 N–H and O–H groups in total. The first-order valence-electron chi connectivity index (χ1n) is 8.85. The summed E-state index contributed by atoms with van der Waals surface area (Å²) in [5.41, 5.74) is 1.66. The second-order valence-corrected chi connectivity index (χ2v) is 6.08. The van der Waals surface area contributed by atoms with Crippen LogP contribution in [0, 0.1) is 19.7 Å². The van der Waals surface area contributed by atoms with Gasteiger partial charge in [-0.15, -0.1) is 0 Å². The highest BCUT2D eigenvalue weighted by Crippen LogP contribution is 2.10. The van der Waals surface area contributed by atoms with Gasteiger partial charge in [0.15, 0.2) is 5.96 Å². The van der Waals surface area contributed by atoms with Crippen molar-refractivity contribution in [1.29, 1.82) is 0 Å². The van der Waals surface area contributed by atoms with Gasteiger partial charge in [0.05, 0.1) is 6.54 Å². The predicted octanol–water partition coefficient (Wildman–Crippen LogP) is 3.17. The zero-order chi connectivity index (χ0) is 18.1. The van der Waals surface area contributed by atoms with Gasteiger partial charge in [-0.2, -0.15) is 0 Å². The normalized spacial score (nSPS) is 11.6. The van der Waals surface area contributed by atoms with Crippen LogP contribution in [0.5, 0.6) is 0 Å². The summed E-state index contributed by atoms with van der Waals surface area (Å²) in [6.07, 6.45) is 5.98. The first-order valence-corrected chi connectivity index (χ1v) is 8.85. The fourth-order valence-corrected chi connectivity index (χ4v) is 2.57. The van der Waals surface area contributed by atoms with Gasteiger partial charge in [0.25, 0.3) is 0 Å². The minimum absolute atomic E-state index is 0.175. The fourth-order valence-electron chi connectivity index (χ4n) is 2.57. The lowest BCUT2D eigenvalue weighted by molar-refractivity contribution is 0.588. The topological polar surface area (TPSA) is 54.2 Å². The third-order valence-electron chi connectivity index (χ3n) is 4.03. The zero-order valence-corrected chi connectivity index (χ0v) is 15.3. The molecule has 136 valence electrons. The van der Waals surface area contributed by atoms with Gasteiger partial charge in [-0.1, -0.05) is 12.1 Å². The summed E-state index contributed by atoms with van der Waals surface area (Å²) in [7, 11) is 0. The van der Waals surface area contributed by atoms with Crippen LogP contribution in [0.2, 0.25) is 0 Å². The number of hydrogen-bond acceptors (Lipinski definition) is 2. The number of hydrogen-bond donors (Lipinski definition) is 2. The van der Waals surface area contributed by atoms with Crippen molar-refractivity contribution in [2.45, 2.75) is 46.7 Å². The quantitative estimate of drug-likeness (QED) is 0.439. The Hall–Kier alpha value is -2.37. The molecule has 25 heavy (non-hydrogen) atoms. The maximum atomic E-state index is 13.3. The lowest BCUT2D eigenvalue weighted by atomic mass is 10.1. The third-order valence-corrected chi connectivity index (χ3v) is 4.03. The van der Waals surface area contributed by atoms with Gasteiger partial charge >= 0.3 is 0 Å². The number of halogens is 1. The van der Waals surface area contributed by atoms with Crippen molar-refractivity contribution in [1.82, 2.24) is 20.2 Å². The number of rotatable bonds is 8. The molecule has 6 heteroatoms. The van der Waals surface area contributed by atoms with E-state index in [0.29, 0.717) is 12.1 Å². The van der Waals surface area contributed by atoms with Crippen LogP contribution < -0.4 is 10.6 Å². The van der Waals surface area contributed by atoms with Gasteiger partial charge in [-0.05, 0) is 50.8 Å². The molecule has 2 rings (SSSR count). The molecular formula is C19H28FN5. The number of aryl methyl sites for hydroxylation is 3. The van der Waals surface area contributed by atoms with Crippen LogP contribution in [0.1, 0.15) is 36.7 Å². The van der Waals surface area contributed by atoms with Gasteiger partial charge in [-0.3, -0.25) is 0 Å². The number of aromatic nitrogens is 2. The largest absolute Gasteiger partial charge is 0.357 e. The Morgan fingerprint density at radius 1 is 1.24 bits per heavy atom. The maximum Gasteiger partial charge on any atom is 0.191 e. The number of aliphatic imine (C=N–C) groups is 1. The highest BCUT2D eigenvalue weighted by atomic mass is 19.1. The van der Waals surface area contributed by atoms with E-state index in [2.05, 4.69) is 25.2 Å². The van der Waals surface area contributed by atoms with Crippen molar-refractivity contribution in [2.24, 2.45) is 4.99 Å². The molecule has 0 unspecified atom stereocenters. The number of nitrogens with zero attached hydrogens (tertiary/aromatic N) is 3. The van der Waals surface area contributed by atoms with E-state index in [4.69, 9.17) is 0 Å². The molecule has 0 saturated carbocycles. The predicted molar refractivity (Wildman–Crippen MR) is 100 cm³/mol. The Bertz CT molecular complexity index is 693. The molecule has 0 aliphatic heterocycles. The monoisotopic (exact) mass is 345 g/mol. The van der Waals surface area contributed by atoms with Gasteiger partial charge < -0.3 is 15.2 Å². The van der Waals surface area contributed by atoms with Crippen molar-refractivity contribution >= 4 is 5.96 Å². The van der Waals surface area contributed by atoms with E-state index in [1.807, 2.05) is 32.3 Å². The number of benzene rings is 1. The molecule has 0 aliphatic rings. The van der Waals surface area contributed by atoms with Crippen molar-refractivity contribution in [3.05, 3.63) is 53.4 Å². The Morgan fingerprint density at radius 3 is 2.76 bits per heavy atom. The first-order chi connectivity index (χ1) is 12.1. The molecule has 0 bridgehead atoms. The second kappa shape index (κ2) is 9.81. The van der Waals surface area contributed by atoms with Gasteiger partial charge in [0.1, 0.15) is 11.6 Å². The molecule has 1 aromatic heterocycles. The van der Waals surface area contributed by atoms with Crippen molar-refractivity contribution in [3.8, 4) is 0 Å². The summed E-state index contributed by atoms with van der Waals surface area (Å²) < 4.78 is 15.5. The number of imidazole rings is 1. The second-order valence-electron chi connectivity index (χ2n) is 6.08. The van der Waals surface area contributed by atoms with Crippen LogP contribution in [-0.4, -0.2) is 28.6 Å². The molecule has 0 radical (unpaired) electrons. The smallest absolute Gasteiger partial charge is 0.191 e. The lowest BCUT2D eigenvalue weighted by Gasteiger charge is -2.12. The molecule has 1 heterocycles. The maximum absolute atomic E-state index is 13.3. The summed E-state index contributed by atoms with van der Waals surface area (Å²) >= 11 is 0. The zero-order valence-electron chi connectivity index (χ0n) is 15.3. The molecule has 0 fully saturated rings. The standard InChI is InChI=1S/C19H28FN5/c1-4-21-19(24-14-17-7-8-18(20)15(2)13-17)23-9-5-6-11-25-12-10-22-16(25)3/h7-8,10,12-13H,4-6,9,11,14H2,1-3H3,(H2,21,23,24). The van der Waals surface area contributed by atoms with E-state index in [-0.39, 0.29) is 5.82 Å². The van der Waals surface area contributed by atoms with Gasteiger partial charge in [-0.25, -0.2) is 14.4 Å². The molecular weight excluding hydrogens is 317 g/mol. The van der Waals surface area contributed by atoms with E-state index in [1.165, 1.54) is 6.07 Å².